The van der Waals surface area contributed by atoms with Crippen molar-refractivity contribution >= 4 is 0 Å². The molecule has 1 aromatic heterocycles. The lowest BCUT2D eigenvalue weighted by atomic mass is 9.77. The van der Waals surface area contributed by atoms with Crippen molar-refractivity contribution in [1.82, 2.24) is 14.8 Å². The topological polar surface area (TPSA) is 63.7 Å². The molecular formula is C20H20N4O. The smallest absolute Gasteiger partial charge is 0.137 e. The summed E-state index contributed by atoms with van der Waals surface area (Å²) in [6.45, 7) is 0.469. The standard InChI is InChI=1S/C20H20N4O/c1-25-19-10-6-5-9-18(19)12-20(13-21,14-24-16-22-15-23-24)11-17-7-3-2-4-8-17/h2-10,15-16H,11-12,14H2,1H3. The van der Waals surface area contributed by atoms with Crippen molar-refractivity contribution in [3.63, 3.8) is 0 Å². The van der Waals surface area contributed by atoms with E-state index in [9.17, 15) is 5.26 Å². The van der Waals surface area contributed by atoms with Gasteiger partial charge >= 0.3 is 0 Å². The minimum absolute atomic E-state index is 0.469. The largest absolute Gasteiger partial charge is 0.496 e. The molecule has 0 aliphatic carbocycles. The molecule has 25 heavy (non-hydrogen) atoms. The third-order valence-corrected chi connectivity index (χ3v) is 4.28. The van der Waals surface area contributed by atoms with Crippen LogP contribution in [0.1, 0.15) is 11.1 Å². The summed E-state index contributed by atoms with van der Waals surface area (Å²) in [4.78, 5) is 4.01. The molecule has 5 heteroatoms. The highest BCUT2D eigenvalue weighted by atomic mass is 16.5. The molecular weight excluding hydrogens is 312 g/mol. The Morgan fingerprint density at radius 2 is 1.84 bits per heavy atom. The normalized spacial score (nSPS) is 13.0. The van der Waals surface area contributed by atoms with Crippen molar-refractivity contribution in [1.29, 1.82) is 5.26 Å². The average Bonchev–Trinajstić information content (AvgIpc) is 3.15. The van der Waals surface area contributed by atoms with E-state index in [0.717, 1.165) is 16.9 Å². The minimum atomic E-state index is -0.649. The molecule has 0 radical (unpaired) electrons. The monoisotopic (exact) mass is 332 g/mol. The van der Waals surface area contributed by atoms with Gasteiger partial charge in [-0.1, -0.05) is 48.5 Å². The van der Waals surface area contributed by atoms with Crippen molar-refractivity contribution in [3.05, 3.63) is 78.4 Å². The van der Waals surface area contributed by atoms with E-state index in [1.54, 1.807) is 18.1 Å². The maximum Gasteiger partial charge on any atom is 0.137 e. The highest BCUT2D eigenvalue weighted by Gasteiger charge is 2.33. The number of benzene rings is 2. The number of hydrogen-bond acceptors (Lipinski definition) is 4. The summed E-state index contributed by atoms with van der Waals surface area (Å²) in [5, 5.41) is 14.3. The molecule has 3 aromatic rings. The second kappa shape index (κ2) is 7.63. The molecule has 0 fully saturated rings. The first-order valence-electron chi connectivity index (χ1n) is 8.14. The highest BCUT2D eigenvalue weighted by molar-refractivity contribution is 5.35. The van der Waals surface area contributed by atoms with E-state index >= 15 is 0 Å². The first-order valence-corrected chi connectivity index (χ1v) is 8.14. The van der Waals surface area contributed by atoms with E-state index in [1.807, 2.05) is 42.5 Å². The fraction of sp³-hybridized carbons (Fsp3) is 0.250. The molecule has 126 valence electrons. The Hall–Kier alpha value is -3.13. The van der Waals surface area contributed by atoms with Crippen molar-refractivity contribution in [2.24, 2.45) is 5.41 Å². The highest BCUT2D eigenvalue weighted by Crippen LogP contribution is 2.32. The zero-order valence-electron chi connectivity index (χ0n) is 14.2. The molecule has 3 rings (SSSR count). The van der Waals surface area contributed by atoms with Gasteiger partial charge in [0.05, 0.1) is 25.1 Å². The van der Waals surface area contributed by atoms with Crippen LogP contribution in [0.15, 0.2) is 67.3 Å². The van der Waals surface area contributed by atoms with E-state index in [0.29, 0.717) is 19.4 Å². The first kappa shape index (κ1) is 16.7. The van der Waals surface area contributed by atoms with E-state index in [2.05, 4.69) is 28.3 Å². The van der Waals surface area contributed by atoms with Gasteiger partial charge in [-0.3, -0.25) is 4.68 Å². The maximum absolute atomic E-state index is 10.1. The van der Waals surface area contributed by atoms with Gasteiger partial charge in [-0.25, -0.2) is 4.98 Å². The fourth-order valence-electron chi connectivity index (χ4n) is 3.11. The summed E-state index contributed by atoms with van der Waals surface area (Å²) < 4.78 is 7.20. The van der Waals surface area contributed by atoms with E-state index in [4.69, 9.17) is 4.74 Å². The zero-order valence-corrected chi connectivity index (χ0v) is 14.2. The number of ether oxygens (including phenoxy) is 1. The van der Waals surface area contributed by atoms with E-state index < -0.39 is 5.41 Å². The molecule has 0 saturated heterocycles. The number of para-hydroxylation sites is 1. The molecule has 0 spiro atoms. The summed E-state index contributed by atoms with van der Waals surface area (Å²) in [6.07, 6.45) is 4.34. The van der Waals surface area contributed by atoms with Crippen molar-refractivity contribution in [3.8, 4) is 11.8 Å². The molecule has 0 N–H and O–H groups in total. The number of rotatable bonds is 7. The molecule has 2 aromatic carbocycles. The number of methoxy groups -OCH3 is 1. The van der Waals surface area contributed by atoms with Crippen LogP contribution in [-0.4, -0.2) is 21.9 Å². The van der Waals surface area contributed by atoms with Gasteiger partial charge < -0.3 is 4.74 Å². The predicted molar refractivity (Wildman–Crippen MR) is 94.9 cm³/mol. The Morgan fingerprint density at radius 1 is 1.08 bits per heavy atom. The molecule has 0 bridgehead atoms. The molecule has 5 nitrogen and oxygen atoms in total. The van der Waals surface area contributed by atoms with Crippen LogP contribution in [0.25, 0.3) is 0 Å². The number of nitriles is 1. The maximum atomic E-state index is 10.1. The van der Waals surface area contributed by atoms with Crippen LogP contribution in [0.3, 0.4) is 0 Å². The summed E-state index contributed by atoms with van der Waals surface area (Å²) >= 11 is 0. The lowest BCUT2D eigenvalue weighted by Crippen LogP contribution is -2.31. The van der Waals surface area contributed by atoms with Gasteiger partial charge in [-0.2, -0.15) is 10.4 Å². The lowest BCUT2D eigenvalue weighted by Gasteiger charge is -2.27. The molecule has 0 amide bonds. The third-order valence-electron chi connectivity index (χ3n) is 4.28. The van der Waals surface area contributed by atoms with Crippen LogP contribution in [-0.2, 0) is 19.4 Å². The van der Waals surface area contributed by atoms with Gasteiger partial charge in [0, 0.05) is 0 Å². The summed E-state index contributed by atoms with van der Waals surface area (Å²) in [5.41, 5.74) is 1.49. The Kier molecular flexibility index (Phi) is 5.10. The Morgan fingerprint density at radius 3 is 2.52 bits per heavy atom. The van der Waals surface area contributed by atoms with Gasteiger partial charge in [0.2, 0.25) is 0 Å². The van der Waals surface area contributed by atoms with Crippen molar-refractivity contribution in [2.45, 2.75) is 19.4 Å². The van der Waals surface area contributed by atoms with Gasteiger partial charge in [-0.15, -0.1) is 0 Å². The van der Waals surface area contributed by atoms with Crippen LogP contribution < -0.4 is 4.74 Å². The number of aromatic nitrogens is 3. The fourth-order valence-corrected chi connectivity index (χ4v) is 3.11. The Labute approximate surface area is 147 Å². The van der Waals surface area contributed by atoms with Crippen LogP contribution in [0.5, 0.6) is 5.75 Å². The molecule has 0 aliphatic rings. The van der Waals surface area contributed by atoms with Gasteiger partial charge in [0.1, 0.15) is 18.4 Å². The second-order valence-electron chi connectivity index (χ2n) is 6.14. The number of hydrogen-bond donors (Lipinski definition) is 0. The van der Waals surface area contributed by atoms with Crippen LogP contribution >= 0.6 is 0 Å². The third kappa shape index (κ3) is 4.04. The molecule has 1 atom stereocenters. The number of nitrogens with zero attached hydrogens (tertiary/aromatic N) is 4. The van der Waals surface area contributed by atoms with Gasteiger partial charge in [-0.05, 0) is 30.0 Å². The van der Waals surface area contributed by atoms with E-state index in [1.165, 1.54) is 6.33 Å². The zero-order chi connectivity index (χ0) is 17.5. The van der Waals surface area contributed by atoms with E-state index in [-0.39, 0.29) is 0 Å². The van der Waals surface area contributed by atoms with Crippen LogP contribution in [0.4, 0.5) is 0 Å². The average molecular weight is 332 g/mol. The van der Waals surface area contributed by atoms with Crippen LogP contribution in [0, 0.1) is 16.7 Å². The molecule has 1 unspecified atom stereocenters. The molecule has 0 aliphatic heterocycles. The Balaban J connectivity index is 1.96. The molecule has 1 heterocycles. The lowest BCUT2D eigenvalue weighted by molar-refractivity contribution is 0.305. The Bertz CT molecular complexity index is 840. The minimum Gasteiger partial charge on any atom is -0.496 e. The summed E-state index contributed by atoms with van der Waals surface area (Å²) in [5.74, 6) is 0.800. The SMILES string of the molecule is COc1ccccc1CC(C#N)(Cc1ccccc1)Cn1cncn1. The summed E-state index contributed by atoms with van der Waals surface area (Å²) in [6, 6.07) is 20.5. The molecule has 0 saturated carbocycles. The quantitative estimate of drug-likeness (QED) is 0.666. The second-order valence-corrected chi connectivity index (χ2v) is 6.14. The van der Waals surface area contributed by atoms with Gasteiger partial charge in [0.25, 0.3) is 0 Å². The van der Waals surface area contributed by atoms with Crippen LogP contribution in [0.2, 0.25) is 0 Å². The summed E-state index contributed by atoms with van der Waals surface area (Å²) in [7, 11) is 1.65. The predicted octanol–water partition coefficient (Wildman–Crippen LogP) is 3.28. The first-order chi connectivity index (χ1) is 12.2. The van der Waals surface area contributed by atoms with Gasteiger partial charge in [0.15, 0.2) is 0 Å². The van der Waals surface area contributed by atoms with Crippen molar-refractivity contribution < 1.29 is 4.74 Å². The van der Waals surface area contributed by atoms with Crippen molar-refractivity contribution in [2.75, 3.05) is 7.11 Å².